The van der Waals surface area contributed by atoms with E-state index in [4.69, 9.17) is 14.2 Å². The van der Waals surface area contributed by atoms with Gasteiger partial charge in [0.25, 0.3) is 5.91 Å². The summed E-state index contributed by atoms with van der Waals surface area (Å²) in [5, 5.41) is 2.89. The number of hydrogen-bond donors (Lipinski definition) is 1. The standard InChI is InChI=1S/C20H25NO4/c1-14-6-5-7-19(12-14)25-16(3)20(22)21-15(2)13-24-18-10-8-17(23-4)9-11-18/h5-12,15-16H,13H2,1-4H3,(H,21,22)/t15-,16-/m0/s1. The smallest absolute Gasteiger partial charge is 0.261 e. The number of amides is 1. The van der Waals surface area contributed by atoms with E-state index in [1.807, 2.05) is 62.4 Å². The topological polar surface area (TPSA) is 56.8 Å². The fourth-order valence-corrected chi connectivity index (χ4v) is 2.24. The molecule has 0 saturated carbocycles. The first-order chi connectivity index (χ1) is 12.0. The highest BCUT2D eigenvalue weighted by Crippen LogP contribution is 2.17. The number of rotatable bonds is 8. The molecule has 2 aromatic carbocycles. The van der Waals surface area contributed by atoms with Crippen LogP contribution >= 0.6 is 0 Å². The molecule has 0 aliphatic heterocycles. The number of ether oxygens (including phenoxy) is 3. The molecule has 2 aromatic rings. The minimum atomic E-state index is -0.578. The second kappa shape index (κ2) is 8.97. The van der Waals surface area contributed by atoms with Gasteiger partial charge in [-0.1, -0.05) is 12.1 Å². The fourth-order valence-electron chi connectivity index (χ4n) is 2.24. The Labute approximate surface area is 148 Å². The molecule has 0 saturated heterocycles. The molecule has 2 atom stereocenters. The van der Waals surface area contributed by atoms with Crippen LogP contribution in [0.1, 0.15) is 19.4 Å². The lowest BCUT2D eigenvalue weighted by atomic mass is 10.2. The van der Waals surface area contributed by atoms with Crippen LogP contribution in [0.2, 0.25) is 0 Å². The molecule has 0 spiro atoms. The molecule has 0 aliphatic rings. The first kappa shape index (κ1) is 18.6. The summed E-state index contributed by atoms with van der Waals surface area (Å²) >= 11 is 0. The molecule has 0 aromatic heterocycles. The van der Waals surface area contributed by atoms with Crippen molar-refractivity contribution < 1.29 is 19.0 Å². The normalized spacial score (nSPS) is 12.8. The third-order valence-corrected chi connectivity index (χ3v) is 3.62. The summed E-state index contributed by atoms with van der Waals surface area (Å²) in [5.41, 5.74) is 1.09. The number of carbonyl (C=O) groups is 1. The van der Waals surface area contributed by atoms with E-state index in [1.165, 1.54) is 0 Å². The van der Waals surface area contributed by atoms with E-state index in [0.717, 1.165) is 17.1 Å². The zero-order chi connectivity index (χ0) is 18.2. The fraction of sp³-hybridized carbons (Fsp3) is 0.350. The number of nitrogens with one attached hydrogen (secondary N) is 1. The highest BCUT2D eigenvalue weighted by atomic mass is 16.5. The number of hydrogen-bond acceptors (Lipinski definition) is 4. The summed E-state index contributed by atoms with van der Waals surface area (Å²) < 4.78 is 16.5. The Morgan fingerprint density at radius 1 is 1.04 bits per heavy atom. The average Bonchev–Trinajstić information content (AvgIpc) is 2.60. The summed E-state index contributed by atoms with van der Waals surface area (Å²) in [4.78, 5) is 12.2. The monoisotopic (exact) mass is 343 g/mol. The average molecular weight is 343 g/mol. The number of methoxy groups -OCH3 is 1. The highest BCUT2D eigenvalue weighted by molar-refractivity contribution is 5.81. The van der Waals surface area contributed by atoms with Crippen molar-refractivity contribution in [2.45, 2.75) is 32.9 Å². The van der Waals surface area contributed by atoms with Gasteiger partial charge in [0.2, 0.25) is 0 Å². The predicted molar refractivity (Wildman–Crippen MR) is 97.4 cm³/mol. The zero-order valence-electron chi connectivity index (χ0n) is 15.1. The van der Waals surface area contributed by atoms with Gasteiger partial charge in [-0.25, -0.2) is 0 Å². The van der Waals surface area contributed by atoms with E-state index in [2.05, 4.69) is 5.32 Å². The maximum absolute atomic E-state index is 12.2. The van der Waals surface area contributed by atoms with Gasteiger partial charge >= 0.3 is 0 Å². The molecule has 0 heterocycles. The second-order valence-corrected chi connectivity index (χ2v) is 5.97. The molecule has 0 unspecified atom stereocenters. The van der Waals surface area contributed by atoms with Crippen molar-refractivity contribution in [3.8, 4) is 17.2 Å². The summed E-state index contributed by atoms with van der Waals surface area (Å²) in [6.07, 6.45) is -0.578. The third-order valence-electron chi connectivity index (χ3n) is 3.62. The van der Waals surface area contributed by atoms with Gasteiger partial charge in [0.1, 0.15) is 23.9 Å². The van der Waals surface area contributed by atoms with Crippen molar-refractivity contribution in [2.24, 2.45) is 0 Å². The van der Waals surface area contributed by atoms with Crippen molar-refractivity contribution in [2.75, 3.05) is 13.7 Å². The van der Waals surface area contributed by atoms with E-state index in [9.17, 15) is 4.79 Å². The Bertz CT molecular complexity index is 684. The Kier molecular flexibility index (Phi) is 6.69. The van der Waals surface area contributed by atoms with Crippen LogP contribution in [0.3, 0.4) is 0 Å². The Hall–Kier alpha value is -2.69. The number of benzene rings is 2. The van der Waals surface area contributed by atoms with Crippen LogP contribution in [0.15, 0.2) is 48.5 Å². The Balaban J connectivity index is 1.78. The molecule has 0 bridgehead atoms. The lowest BCUT2D eigenvalue weighted by Crippen LogP contribution is -2.43. The van der Waals surface area contributed by atoms with Crippen molar-refractivity contribution >= 4 is 5.91 Å². The van der Waals surface area contributed by atoms with Crippen molar-refractivity contribution in [1.29, 1.82) is 0 Å². The maximum atomic E-state index is 12.2. The van der Waals surface area contributed by atoms with Crippen molar-refractivity contribution in [3.05, 3.63) is 54.1 Å². The maximum Gasteiger partial charge on any atom is 0.261 e. The third kappa shape index (κ3) is 6.03. The quantitative estimate of drug-likeness (QED) is 0.798. The van der Waals surface area contributed by atoms with Crippen LogP contribution in [0.25, 0.3) is 0 Å². The largest absolute Gasteiger partial charge is 0.497 e. The predicted octanol–water partition coefficient (Wildman–Crippen LogP) is 3.35. The van der Waals surface area contributed by atoms with E-state index in [-0.39, 0.29) is 11.9 Å². The molecular formula is C20H25NO4. The van der Waals surface area contributed by atoms with Crippen LogP contribution < -0.4 is 19.5 Å². The first-order valence-corrected chi connectivity index (χ1v) is 8.28. The molecule has 0 radical (unpaired) electrons. The van der Waals surface area contributed by atoms with Crippen LogP contribution in [0, 0.1) is 6.92 Å². The SMILES string of the molecule is COc1ccc(OC[C@H](C)NC(=O)[C@H](C)Oc2cccc(C)c2)cc1. The van der Waals surface area contributed by atoms with Gasteiger partial charge < -0.3 is 19.5 Å². The molecule has 5 heteroatoms. The summed E-state index contributed by atoms with van der Waals surface area (Å²) in [7, 11) is 1.62. The van der Waals surface area contributed by atoms with E-state index in [0.29, 0.717) is 12.4 Å². The molecule has 0 aliphatic carbocycles. The molecule has 2 rings (SSSR count). The van der Waals surface area contributed by atoms with Gasteiger partial charge in [-0.05, 0) is 62.7 Å². The van der Waals surface area contributed by atoms with Gasteiger partial charge in [-0.3, -0.25) is 4.79 Å². The molecular weight excluding hydrogens is 318 g/mol. The van der Waals surface area contributed by atoms with E-state index < -0.39 is 6.10 Å². The van der Waals surface area contributed by atoms with Crippen molar-refractivity contribution in [3.63, 3.8) is 0 Å². The summed E-state index contributed by atoms with van der Waals surface area (Å²) in [6, 6.07) is 14.8. The Morgan fingerprint density at radius 2 is 1.72 bits per heavy atom. The molecule has 1 N–H and O–H groups in total. The Morgan fingerprint density at radius 3 is 2.36 bits per heavy atom. The van der Waals surface area contributed by atoms with Gasteiger partial charge in [0, 0.05) is 0 Å². The van der Waals surface area contributed by atoms with Gasteiger partial charge in [-0.2, -0.15) is 0 Å². The van der Waals surface area contributed by atoms with Gasteiger partial charge in [0.05, 0.1) is 13.2 Å². The van der Waals surface area contributed by atoms with Crippen LogP contribution in [0.4, 0.5) is 0 Å². The lowest BCUT2D eigenvalue weighted by molar-refractivity contribution is -0.128. The van der Waals surface area contributed by atoms with Crippen LogP contribution in [0.5, 0.6) is 17.2 Å². The molecule has 25 heavy (non-hydrogen) atoms. The highest BCUT2D eigenvalue weighted by Gasteiger charge is 2.17. The minimum Gasteiger partial charge on any atom is -0.497 e. The number of carbonyl (C=O) groups excluding carboxylic acids is 1. The molecule has 5 nitrogen and oxygen atoms in total. The van der Waals surface area contributed by atoms with Crippen LogP contribution in [-0.4, -0.2) is 31.8 Å². The van der Waals surface area contributed by atoms with Crippen LogP contribution in [-0.2, 0) is 4.79 Å². The first-order valence-electron chi connectivity index (χ1n) is 8.28. The van der Waals surface area contributed by atoms with Gasteiger partial charge in [-0.15, -0.1) is 0 Å². The second-order valence-electron chi connectivity index (χ2n) is 5.97. The molecule has 134 valence electrons. The number of aryl methyl sites for hydroxylation is 1. The lowest BCUT2D eigenvalue weighted by Gasteiger charge is -2.19. The summed E-state index contributed by atoms with van der Waals surface area (Å²) in [6.45, 7) is 5.97. The van der Waals surface area contributed by atoms with Gasteiger partial charge in [0.15, 0.2) is 6.10 Å². The van der Waals surface area contributed by atoms with E-state index in [1.54, 1.807) is 14.0 Å². The zero-order valence-corrected chi connectivity index (χ0v) is 15.1. The summed E-state index contributed by atoms with van der Waals surface area (Å²) in [5.74, 6) is 2.01. The van der Waals surface area contributed by atoms with E-state index >= 15 is 0 Å². The molecule has 0 fully saturated rings. The molecule has 1 amide bonds. The minimum absolute atomic E-state index is 0.141. The van der Waals surface area contributed by atoms with Crippen molar-refractivity contribution in [1.82, 2.24) is 5.32 Å².